The molecule has 2 nitrogen and oxygen atoms in total. The van der Waals surface area contributed by atoms with E-state index < -0.39 is 0 Å². The fourth-order valence-corrected chi connectivity index (χ4v) is 1.30. The SMILES string of the molecule is C=CCN(C)Cc1cccc(F)c1N. The third-order valence-electron chi connectivity index (χ3n) is 2.02. The highest BCUT2D eigenvalue weighted by Gasteiger charge is 2.05. The van der Waals surface area contributed by atoms with Gasteiger partial charge in [-0.15, -0.1) is 6.58 Å². The van der Waals surface area contributed by atoms with Gasteiger partial charge >= 0.3 is 0 Å². The number of likely N-dealkylation sites (N-methyl/N-ethyl adjacent to an activating group) is 1. The number of benzene rings is 1. The smallest absolute Gasteiger partial charge is 0.146 e. The first kappa shape index (κ1) is 10.7. The topological polar surface area (TPSA) is 29.3 Å². The first-order chi connectivity index (χ1) is 6.65. The molecular weight excluding hydrogens is 179 g/mol. The lowest BCUT2D eigenvalue weighted by molar-refractivity contribution is 0.364. The molecule has 0 heterocycles. The van der Waals surface area contributed by atoms with Crippen molar-refractivity contribution in [3.63, 3.8) is 0 Å². The van der Waals surface area contributed by atoms with Gasteiger partial charge in [0.2, 0.25) is 0 Å². The van der Waals surface area contributed by atoms with Gasteiger partial charge in [0, 0.05) is 13.1 Å². The van der Waals surface area contributed by atoms with Crippen LogP contribution >= 0.6 is 0 Å². The molecule has 0 aliphatic heterocycles. The van der Waals surface area contributed by atoms with Gasteiger partial charge in [0.1, 0.15) is 5.82 Å². The summed E-state index contributed by atoms with van der Waals surface area (Å²) in [6.45, 7) is 5.03. The average molecular weight is 194 g/mol. The molecule has 0 aromatic heterocycles. The summed E-state index contributed by atoms with van der Waals surface area (Å²) in [7, 11) is 1.94. The largest absolute Gasteiger partial charge is 0.396 e. The van der Waals surface area contributed by atoms with E-state index in [2.05, 4.69) is 6.58 Å². The molecule has 0 atom stereocenters. The highest BCUT2D eigenvalue weighted by molar-refractivity contribution is 5.47. The van der Waals surface area contributed by atoms with E-state index in [1.165, 1.54) is 6.07 Å². The lowest BCUT2D eigenvalue weighted by atomic mass is 10.1. The van der Waals surface area contributed by atoms with Crippen LogP contribution in [-0.2, 0) is 6.54 Å². The summed E-state index contributed by atoms with van der Waals surface area (Å²) in [5.74, 6) is -0.352. The van der Waals surface area contributed by atoms with Crippen LogP contribution in [0.1, 0.15) is 5.56 Å². The zero-order valence-electron chi connectivity index (χ0n) is 8.33. The predicted octanol–water partition coefficient (Wildman–Crippen LogP) is 2.03. The number of anilines is 1. The van der Waals surface area contributed by atoms with Crippen molar-refractivity contribution in [3.05, 3.63) is 42.2 Å². The number of nitrogen functional groups attached to an aromatic ring is 1. The van der Waals surface area contributed by atoms with Crippen LogP contribution in [-0.4, -0.2) is 18.5 Å². The van der Waals surface area contributed by atoms with Crippen LogP contribution in [0.5, 0.6) is 0 Å². The number of para-hydroxylation sites is 1. The minimum Gasteiger partial charge on any atom is -0.396 e. The summed E-state index contributed by atoms with van der Waals surface area (Å²) in [4.78, 5) is 2.01. The average Bonchev–Trinajstić information content (AvgIpc) is 2.13. The van der Waals surface area contributed by atoms with Crippen molar-refractivity contribution >= 4 is 5.69 Å². The minimum absolute atomic E-state index is 0.239. The first-order valence-corrected chi connectivity index (χ1v) is 4.47. The number of hydrogen-bond donors (Lipinski definition) is 1. The standard InChI is InChI=1S/C11H15FN2/c1-3-7-14(2)8-9-5-4-6-10(12)11(9)13/h3-6H,1,7-8,13H2,2H3. The van der Waals surface area contributed by atoms with Crippen LogP contribution < -0.4 is 5.73 Å². The molecule has 0 unspecified atom stereocenters. The lowest BCUT2D eigenvalue weighted by Crippen LogP contribution is -2.18. The van der Waals surface area contributed by atoms with Gasteiger partial charge < -0.3 is 5.73 Å². The van der Waals surface area contributed by atoms with E-state index >= 15 is 0 Å². The Labute approximate surface area is 83.8 Å². The molecule has 0 aliphatic carbocycles. The Morgan fingerprint density at radius 3 is 2.93 bits per heavy atom. The van der Waals surface area contributed by atoms with Gasteiger partial charge in [-0.25, -0.2) is 4.39 Å². The number of nitrogens with two attached hydrogens (primary N) is 1. The molecule has 0 bridgehead atoms. The van der Waals surface area contributed by atoms with Crippen LogP contribution in [0.2, 0.25) is 0 Å². The molecule has 0 radical (unpaired) electrons. The van der Waals surface area contributed by atoms with Crippen LogP contribution in [0.15, 0.2) is 30.9 Å². The van der Waals surface area contributed by atoms with Gasteiger partial charge in [0.05, 0.1) is 5.69 Å². The number of nitrogens with zero attached hydrogens (tertiary/aromatic N) is 1. The van der Waals surface area contributed by atoms with E-state index in [9.17, 15) is 4.39 Å². The number of rotatable bonds is 4. The Morgan fingerprint density at radius 2 is 2.29 bits per heavy atom. The molecule has 1 aromatic carbocycles. The molecule has 0 spiro atoms. The van der Waals surface area contributed by atoms with Crippen molar-refractivity contribution in [2.24, 2.45) is 0 Å². The molecule has 0 saturated carbocycles. The van der Waals surface area contributed by atoms with Crippen molar-refractivity contribution in [1.29, 1.82) is 0 Å². The maximum atomic E-state index is 13.1. The Morgan fingerprint density at radius 1 is 1.57 bits per heavy atom. The molecular formula is C11H15FN2. The third kappa shape index (κ3) is 2.57. The summed E-state index contributed by atoms with van der Waals surface area (Å²) in [6.07, 6.45) is 1.80. The van der Waals surface area contributed by atoms with Crippen molar-refractivity contribution in [2.75, 3.05) is 19.3 Å². The molecule has 1 rings (SSSR count). The quantitative estimate of drug-likeness (QED) is 0.587. The second-order valence-corrected chi connectivity index (χ2v) is 3.30. The molecule has 2 N–H and O–H groups in total. The van der Waals surface area contributed by atoms with Gasteiger partial charge in [-0.3, -0.25) is 4.90 Å². The summed E-state index contributed by atoms with van der Waals surface area (Å²) in [6, 6.07) is 4.87. The minimum atomic E-state index is -0.352. The Hall–Kier alpha value is -1.35. The molecule has 0 fully saturated rings. The van der Waals surface area contributed by atoms with Crippen LogP contribution in [0.25, 0.3) is 0 Å². The zero-order valence-corrected chi connectivity index (χ0v) is 8.33. The molecule has 0 amide bonds. The van der Waals surface area contributed by atoms with E-state index in [0.29, 0.717) is 6.54 Å². The lowest BCUT2D eigenvalue weighted by Gasteiger charge is -2.15. The molecule has 3 heteroatoms. The van der Waals surface area contributed by atoms with Crippen molar-refractivity contribution in [3.8, 4) is 0 Å². The van der Waals surface area contributed by atoms with E-state index in [0.717, 1.165) is 12.1 Å². The van der Waals surface area contributed by atoms with Gasteiger partial charge in [0.15, 0.2) is 0 Å². The van der Waals surface area contributed by atoms with E-state index in [-0.39, 0.29) is 11.5 Å². The van der Waals surface area contributed by atoms with E-state index in [1.54, 1.807) is 12.1 Å². The van der Waals surface area contributed by atoms with Gasteiger partial charge in [0.25, 0.3) is 0 Å². The number of halogens is 1. The van der Waals surface area contributed by atoms with Gasteiger partial charge in [-0.05, 0) is 18.7 Å². The molecule has 1 aromatic rings. The molecule has 14 heavy (non-hydrogen) atoms. The van der Waals surface area contributed by atoms with Crippen LogP contribution in [0.3, 0.4) is 0 Å². The summed E-state index contributed by atoms with van der Waals surface area (Å²) < 4.78 is 13.1. The first-order valence-electron chi connectivity index (χ1n) is 4.47. The maximum Gasteiger partial charge on any atom is 0.146 e. The van der Waals surface area contributed by atoms with Crippen molar-refractivity contribution in [2.45, 2.75) is 6.54 Å². The fraction of sp³-hybridized carbons (Fsp3) is 0.273. The highest BCUT2D eigenvalue weighted by atomic mass is 19.1. The Balaban J connectivity index is 2.76. The third-order valence-corrected chi connectivity index (χ3v) is 2.02. The molecule has 0 aliphatic rings. The number of hydrogen-bond acceptors (Lipinski definition) is 2. The van der Waals surface area contributed by atoms with Crippen LogP contribution in [0.4, 0.5) is 10.1 Å². The molecule has 0 saturated heterocycles. The monoisotopic (exact) mass is 194 g/mol. The predicted molar refractivity (Wildman–Crippen MR) is 57.3 cm³/mol. The van der Waals surface area contributed by atoms with E-state index in [1.807, 2.05) is 18.0 Å². The molecule has 76 valence electrons. The maximum absolute atomic E-state index is 13.1. The van der Waals surface area contributed by atoms with Crippen molar-refractivity contribution < 1.29 is 4.39 Å². The van der Waals surface area contributed by atoms with Gasteiger partial charge in [-0.1, -0.05) is 18.2 Å². The summed E-state index contributed by atoms with van der Waals surface area (Å²) in [5.41, 5.74) is 6.65. The fourth-order valence-electron chi connectivity index (χ4n) is 1.30. The highest BCUT2D eigenvalue weighted by Crippen LogP contribution is 2.16. The summed E-state index contributed by atoms with van der Waals surface area (Å²) in [5, 5.41) is 0. The van der Waals surface area contributed by atoms with Crippen LogP contribution in [0, 0.1) is 5.82 Å². The zero-order chi connectivity index (χ0) is 10.6. The normalized spacial score (nSPS) is 10.5. The van der Waals surface area contributed by atoms with E-state index in [4.69, 9.17) is 5.73 Å². The van der Waals surface area contributed by atoms with Crippen molar-refractivity contribution in [1.82, 2.24) is 4.90 Å². The summed E-state index contributed by atoms with van der Waals surface area (Å²) >= 11 is 0. The Kier molecular flexibility index (Phi) is 3.65. The second kappa shape index (κ2) is 4.77. The second-order valence-electron chi connectivity index (χ2n) is 3.30. The van der Waals surface area contributed by atoms with Gasteiger partial charge in [-0.2, -0.15) is 0 Å². The Bertz CT molecular complexity index is 323.